The van der Waals surface area contributed by atoms with Crippen LogP contribution in [-0.2, 0) is 5.54 Å². The average molecular weight is 234 g/mol. The topological polar surface area (TPSA) is 66.7 Å². The number of hydrogen-bond acceptors (Lipinski definition) is 3. The quantitative estimate of drug-likeness (QED) is 0.728. The monoisotopic (exact) mass is 234 g/mol. The van der Waals surface area contributed by atoms with Gasteiger partial charge in [0.15, 0.2) is 0 Å². The van der Waals surface area contributed by atoms with Crippen LogP contribution in [0.1, 0.15) is 56.0 Å². The maximum atomic E-state index is 6.41. The van der Waals surface area contributed by atoms with Crippen LogP contribution in [0.2, 0.25) is 0 Å². The first-order chi connectivity index (χ1) is 8.28. The van der Waals surface area contributed by atoms with Gasteiger partial charge >= 0.3 is 0 Å². The molecule has 1 saturated carbocycles. The molecule has 94 valence electrons. The van der Waals surface area contributed by atoms with Crippen molar-refractivity contribution in [2.24, 2.45) is 5.73 Å². The first-order valence-corrected chi connectivity index (χ1v) is 6.83. The molecule has 1 aromatic rings. The van der Waals surface area contributed by atoms with Gasteiger partial charge in [0.25, 0.3) is 0 Å². The number of rotatable bonds is 2. The van der Waals surface area contributed by atoms with E-state index in [1.165, 1.54) is 31.4 Å². The number of nitrogens with zero attached hydrogens (tertiary/aromatic N) is 1. The summed E-state index contributed by atoms with van der Waals surface area (Å²) in [4.78, 5) is 8.03. The average Bonchev–Trinajstić information content (AvgIpc) is 2.99. The van der Waals surface area contributed by atoms with Gasteiger partial charge in [-0.05, 0) is 32.2 Å². The fourth-order valence-electron chi connectivity index (χ4n) is 3.16. The molecule has 1 saturated heterocycles. The van der Waals surface area contributed by atoms with Gasteiger partial charge in [0.05, 0.1) is 5.54 Å². The number of nitrogens with one attached hydrogen (secondary N) is 2. The normalized spacial score (nSPS) is 28.4. The first-order valence-electron chi connectivity index (χ1n) is 6.83. The van der Waals surface area contributed by atoms with Crippen LogP contribution in [0.25, 0.3) is 0 Å². The Kier molecular flexibility index (Phi) is 2.92. The van der Waals surface area contributed by atoms with Crippen LogP contribution in [0.4, 0.5) is 0 Å². The molecule has 1 unspecified atom stereocenters. The summed E-state index contributed by atoms with van der Waals surface area (Å²) in [5.74, 6) is 1.60. The lowest BCUT2D eigenvalue weighted by Gasteiger charge is -2.23. The van der Waals surface area contributed by atoms with Crippen molar-refractivity contribution >= 4 is 0 Å². The van der Waals surface area contributed by atoms with Crippen molar-refractivity contribution in [2.75, 3.05) is 13.1 Å². The molecule has 0 radical (unpaired) electrons. The van der Waals surface area contributed by atoms with E-state index in [0.717, 1.165) is 31.8 Å². The van der Waals surface area contributed by atoms with E-state index in [-0.39, 0.29) is 5.54 Å². The maximum Gasteiger partial charge on any atom is 0.126 e. The molecule has 0 spiro atoms. The lowest BCUT2D eigenvalue weighted by Crippen LogP contribution is -2.34. The van der Waals surface area contributed by atoms with Crippen LogP contribution in [0, 0.1) is 0 Å². The molecule has 0 aromatic carbocycles. The number of imidazole rings is 1. The van der Waals surface area contributed by atoms with Crippen molar-refractivity contribution in [1.29, 1.82) is 0 Å². The second kappa shape index (κ2) is 4.42. The number of H-pyrrole nitrogens is 1. The summed E-state index contributed by atoms with van der Waals surface area (Å²) in [6.07, 6.45) is 9.12. The fraction of sp³-hybridized carbons (Fsp3) is 0.769. The van der Waals surface area contributed by atoms with Crippen molar-refractivity contribution in [3.05, 3.63) is 17.7 Å². The van der Waals surface area contributed by atoms with Crippen LogP contribution in [-0.4, -0.2) is 23.1 Å². The minimum Gasteiger partial charge on any atom is -0.344 e. The third-order valence-corrected chi connectivity index (χ3v) is 4.30. The molecule has 0 amide bonds. The summed E-state index contributed by atoms with van der Waals surface area (Å²) in [7, 11) is 0. The Morgan fingerprint density at radius 3 is 2.82 bits per heavy atom. The summed E-state index contributed by atoms with van der Waals surface area (Å²) >= 11 is 0. The van der Waals surface area contributed by atoms with E-state index in [4.69, 9.17) is 5.73 Å². The Bertz CT molecular complexity index is 373. The molecule has 4 N–H and O–H groups in total. The van der Waals surface area contributed by atoms with E-state index in [2.05, 4.69) is 15.3 Å². The Hall–Kier alpha value is -0.870. The molecule has 0 bridgehead atoms. The van der Waals surface area contributed by atoms with Gasteiger partial charge in [0.1, 0.15) is 5.82 Å². The number of hydrogen-bond donors (Lipinski definition) is 3. The number of piperidine rings is 1. The highest BCUT2D eigenvalue weighted by Crippen LogP contribution is 2.35. The van der Waals surface area contributed by atoms with E-state index in [1.807, 2.05) is 6.20 Å². The maximum absolute atomic E-state index is 6.41. The standard InChI is InChI=1S/C13H22N4/c14-13(5-1-2-6-13)12-16-9-11(17-12)10-4-3-7-15-8-10/h9-10,15H,1-8,14H2,(H,16,17). The highest BCUT2D eigenvalue weighted by atomic mass is 15.0. The van der Waals surface area contributed by atoms with E-state index >= 15 is 0 Å². The Balaban J connectivity index is 1.77. The summed E-state index contributed by atoms with van der Waals surface area (Å²) in [6, 6.07) is 0. The Labute approximate surface area is 102 Å². The largest absolute Gasteiger partial charge is 0.344 e. The van der Waals surface area contributed by atoms with Crippen LogP contribution in [0.15, 0.2) is 6.20 Å². The molecule has 2 heterocycles. The summed E-state index contributed by atoms with van der Waals surface area (Å²) < 4.78 is 0. The van der Waals surface area contributed by atoms with Gasteiger partial charge in [0.2, 0.25) is 0 Å². The summed E-state index contributed by atoms with van der Waals surface area (Å²) in [5.41, 5.74) is 7.50. The van der Waals surface area contributed by atoms with E-state index in [0.29, 0.717) is 5.92 Å². The fourth-order valence-corrected chi connectivity index (χ4v) is 3.16. The molecule has 4 heteroatoms. The molecule has 1 aliphatic heterocycles. The van der Waals surface area contributed by atoms with Gasteiger partial charge in [-0.1, -0.05) is 12.8 Å². The van der Waals surface area contributed by atoms with Gasteiger partial charge in [-0.25, -0.2) is 4.98 Å². The predicted molar refractivity (Wildman–Crippen MR) is 67.8 cm³/mol. The minimum atomic E-state index is -0.180. The van der Waals surface area contributed by atoms with Gasteiger partial charge in [-0.2, -0.15) is 0 Å². The van der Waals surface area contributed by atoms with Gasteiger partial charge < -0.3 is 16.0 Å². The first kappa shape index (κ1) is 11.2. The van der Waals surface area contributed by atoms with E-state index in [1.54, 1.807) is 0 Å². The number of aromatic amines is 1. The molecule has 17 heavy (non-hydrogen) atoms. The zero-order valence-corrected chi connectivity index (χ0v) is 10.3. The molecule has 4 nitrogen and oxygen atoms in total. The zero-order chi connectivity index (χ0) is 11.7. The molecular weight excluding hydrogens is 212 g/mol. The summed E-state index contributed by atoms with van der Waals surface area (Å²) in [5, 5.41) is 3.44. The van der Waals surface area contributed by atoms with Crippen molar-refractivity contribution in [3.63, 3.8) is 0 Å². The van der Waals surface area contributed by atoms with Crippen molar-refractivity contribution < 1.29 is 0 Å². The van der Waals surface area contributed by atoms with Crippen molar-refractivity contribution in [3.8, 4) is 0 Å². The van der Waals surface area contributed by atoms with Crippen LogP contribution in [0.5, 0.6) is 0 Å². The van der Waals surface area contributed by atoms with Crippen LogP contribution >= 0.6 is 0 Å². The predicted octanol–water partition coefficient (Wildman–Crippen LogP) is 1.60. The summed E-state index contributed by atoms with van der Waals surface area (Å²) in [6.45, 7) is 2.22. The smallest absolute Gasteiger partial charge is 0.126 e. The Morgan fingerprint density at radius 1 is 1.29 bits per heavy atom. The lowest BCUT2D eigenvalue weighted by molar-refractivity contribution is 0.428. The van der Waals surface area contributed by atoms with E-state index in [9.17, 15) is 0 Å². The molecule has 3 rings (SSSR count). The van der Waals surface area contributed by atoms with E-state index < -0.39 is 0 Å². The highest BCUT2D eigenvalue weighted by Gasteiger charge is 2.34. The molecule has 2 fully saturated rings. The lowest BCUT2D eigenvalue weighted by atomic mass is 9.96. The molecule has 1 aliphatic carbocycles. The SMILES string of the molecule is NC1(c2ncc(C3CCCNC3)[nH]2)CCCC1. The number of nitrogens with two attached hydrogens (primary N) is 1. The molecule has 2 aliphatic rings. The molecule has 1 atom stereocenters. The number of aromatic nitrogens is 2. The Morgan fingerprint density at radius 2 is 2.12 bits per heavy atom. The third-order valence-electron chi connectivity index (χ3n) is 4.30. The minimum absolute atomic E-state index is 0.180. The zero-order valence-electron chi connectivity index (χ0n) is 10.3. The second-order valence-corrected chi connectivity index (χ2v) is 5.59. The highest BCUT2D eigenvalue weighted by molar-refractivity contribution is 5.15. The van der Waals surface area contributed by atoms with Crippen molar-refractivity contribution in [1.82, 2.24) is 15.3 Å². The van der Waals surface area contributed by atoms with Crippen LogP contribution < -0.4 is 11.1 Å². The van der Waals surface area contributed by atoms with Crippen LogP contribution in [0.3, 0.4) is 0 Å². The van der Waals surface area contributed by atoms with Gasteiger partial charge in [-0.3, -0.25) is 0 Å². The molecular formula is C13H22N4. The van der Waals surface area contributed by atoms with Gasteiger partial charge in [-0.15, -0.1) is 0 Å². The van der Waals surface area contributed by atoms with Gasteiger partial charge in [0, 0.05) is 24.4 Å². The molecule has 1 aromatic heterocycles. The van der Waals surface area contributed by atoms with Crippen molar-refractivity contribution in [2.45, 2.75) is 50.0 Å². The second-order valence-electron chi connectivity index (χ2n) is 5.59. The third kappa shape index (κ3) is 2.11.